The number of aromatic nitrogens is 2. The molecule has 0 spiro atoms. The average Bonchev–Trinajstić information content (AvgIpc) is 2.77. The highest BCUT2D eigenvalue weighted by Crippen LogP contribution is 2.39. The molecule has 5 nitrogen and oxygen atoms in total. The molecule has 1 aromatic heterocycles. The van der Waals surface area contributed by atoms with Crippen molar-refractivity contribution in [2.24, 2.45) is 5.41 Å². The summed E-state index contributed by atoms with van der Waals surface area (Å²) in [5.41, 5.74) is 1.81. The number of methoxy groups -OCH3 is 1. The van der Waals surface area contributed by atoms with Crippen LogP contribution in [0.5, 0.6) is 0 Å². The number of carbonyl (C=O) groups is 1. The Morgan fingerprint density at radius 1 is 1.40 bits per heavy atom. The Bertz CT molecular complexity index is 788. The maximum atomic E-state index is 14.4. The van der Waals surface area contributed by atoms with E-state index in [1.165, 1.54) is 6.07 Å². The van der Waals surface area contributed by atoms with Crippen LogP contribution in [0, 0.1) is 11.2 Å². The lowest BCUT2D eigenvalue weighted by Gasteiger charge is -2.29. The molecule has 6 heteroatoms. The van der Waals surface area contributed by atoms with Gasteiger partial charge in [-0.1, -0.05) is 20.8 Å². The molecule has 0 radical (unpaired) electrons. The number of hydrogen-bond donors (Lipinski definition) is 1. The van der Waals surface area contributed by atoms with Crippen LogP contribution in [0.15, 0.2) is 12.1 Å². The van der Waals surface area contributed by atoms with Crippen LogP contribution in [0.2, 0.25) is 0 Å². The fraction of sp³-hybridized carbons (Fsp3) is 0.579. The van der Waals surface area contributed by atoms with E-state index in [2.05, 4.69) is 10.3 Å². The SMILES string of the molecule is COCc1c(F)ccc2nc(NC(=O)CC(C)(C)C)n(C3CCC3)c12. The van der Waals surface area contributed by atoms with E-state index < -0.39 is 0 Å². The van der Waals surface area contributed by atoms with Gasteiger partial charge in [0.2, 0.25) is 11.9 Å². The van der Waals surface area contributed by atoms with Crippen LogP contribution in [0.25, 0.3) is 11.0 Å². The van der Waals surface area contributed by atoms with E-state index in [0.717, 1.165) is 24.8 Å². The minimum Gasteiger partial charge on any atom is -0.380 e. The molecule has 0 aliphatic heterocycles. The molecule has 1 aliphatic carbocycles. The number of benzene rings is 1. The molecule has 1 fully saturated rings. The van der Waals surface area contributed by atoms with Gasteiger partial charge in [-0.05, 0) is 36.8 Å². The normalized spacial score (nSPS) is 15.4. The van der Waals surface area contributed by atoms with E-state index in [0.29, 0.717) is 23.4 Å². The molecule has 1 heterocycles. The minimum absolute atomic E-state index is 0.0721. The molecule has 0 unspecified atom stereocenters. The van der Waals surface area contributed by atoms with Gasteiger partial charge < -0.3 is 9.30 Å². The highest BCUT2D eigenvalue weighted by atomic mass is 19.1. The lowest BCUT2D eigenvalue weighted by Crippen LogP contribution is -2.25. The monoisotopic (exact) mass is 347 g/mol. The summed E-state index contributed by atoms with van der Waals surface area (Å²) in [6.07, 6.45) is 3.56. The first-order valence-electron chi connectivity index (χ1n) is 8.78. The predicted octanol–water partition coefficient (Wildman–Crippen LogP) is 4.42. The van der Waals surface area contributed by atoms with Crippen molar-refractivity contribution in [1.82, 2.24) is 9.55 Å². The maximum absolute atomic E-state index is 14.4. The van der Waals surface area contributed by atoms with E-state index in [-0.39, 0.29) is 29.8 Å². The summed E-state index contributed by atoms with van der Waals surface area (Å²) in [4.78, 5) is 17.0. The number of hydrogen-bond acceptors (Lipinski definition) is 3. The van der Waals surface area contributed by atoms with Crippen LogP contribution in [-0.4, -0.2) is 22.6 Å². The van der Waals surface area contributed by atoms with Crippen molar-refractivity contribution in [3.63, 3.8) is 0 Å². The number of carbonyl (C=O) groups excluding carboxylic acids is 1. The van der Waals surface area contributed by atoms with E-state index in [1.807, 2.05) is 25.3 Å². The molecule has 1 N–H and O–H groups in total. The van der Waals surface area contributed by atoms with Crippen molar-refractivity contribution in [1.29, 1.82) is 0 Å². The molecule has 1 aromatic carbocycles. The van der Waals surface area contributed by atoms with Crippen molar-refractivity contribution >= 4 is 22.9 Å². The van der Waals surface area contributed by atoms with Crippen molar-refractivity contribution < 1.29 is 13.9 Å². The van der Waals surface area contributed by atoms with Gasteiger partial charge in [0.05, 0.1) is 17.6 Å². The van der Waals surface area contributed by atoms with E-state index in [1.54, 1.807) is 13.2 Å². The maximum Gasteiger partial charge on any atom is 0.227 e. The van der Waals surface area contributed by atoms with Crippen molar-refractivity contribution in [2.45, 2.75) is 59.1 Å². The number of rotatable bonds is 5. The van der Waals surface area contributed by atoms with Crippen LogP contribution in [0.1, 0.15) is 58.1 Å². The Labute approximate surface area is 147 Å². The summed E-state index contributed by atoms with van der Waals surface area (Å²) in [6.45, 7) is 6.24. The van der Waals surface area contributed by atoms with Gasteiger partial charge in [-0.15, -0.1) is 0 Å². The molecule has 3 rings (SSSR count). The Balaban J connectivity index is 2.06. The second-order valence-electron chi connectivity index (χ2n) is 8.00. The van der Waals surface area contributed by atoms with Crippen molar-refractivity contribution in [3.8, 4) is 0 Å². The lowest BCUT2D eigenvalue weighted by atomic mass is 9.92. The fourth-order valence-corrected chi connectivity index (χ4v) is 3.25. The first kappa shape index (κ1) is 17.9. The molecule has 0 saturated heterocycles. The number of amides is 1. The lowest BCUT2D eigenvalue weighted by molar-refractivity contribution is -0.117. The van der Waals surface area contributed by atoms with E-state index in [4.69, 9.17) is 4.74 Å². The quantitative estimate of drug-likeness (QED) is 0.871. The summed E-state index contributed by atoms with van der Waals surface area (Å²) in [7, 11) is 1.55. The molecule has 0 atom stereocenters. The van der Waals surface area contributed by atoms with E-state index >= 15 is 0 Å². The highest BCUT2D eigenvalue weighted by Gasteiger charge is 2.28. The highest BCUT2D eigenvalue weighted by molar-refractivity contribution is 5.92. The van der Waals surface area contributed by atoms with Gasteiger partial charge in [0.15, 0.2) is 0 Å². The molecule has 1 saturated carbocycles. The molecule has 25 heavy (non-hydrogen) atoms. The van der Waals surface area contributed by atoms with Crippen LogP contribution < -0.4 is 5.32 Å². The first-order valence-corrected chi connectivity index (χ1v) is 8.78. The van der Waals surface area contributed by atoms with Crippen LogP contribution in [0.4, 0.5) is 10.3 Å². The third kappa shape index (κ3) is 3.68. The second kappa shape index (κ2) is 6.75. The number of halogens is 1. The fourth-order valence-electron chi connectivity index (χ4n) is 3.25. The number of imidazole rings is 1. The zero-order chi connectivity index (χ0) is 18.2. The summed E-state index contributed by atoms with van der Waals surface area (Å²) < 4.78 is 21.5. The zero-order valence-corrected chi connectivity index (χ0v) is 15.4. The molecular weight excluding hydrogens is 321 g/mol. The predicted molar refractivity (Wildman–Crippen MR) is 96.0 cm³/mol. The van der Waals surface area contributed by atoms with Gasteiger partial charge in [0.1, 0.15) is 5.82 Å². The standard InChI is InChI=1S/C19H26FN3O2/c1-19(2,3)10-16(24)22-18-21-15-9-8-14(20)13(11-25-4)17(15)23(18)12-6-5-7-12/h8-9,12H,5-7,10-11H2,1-4H3,(H,21,22,24). The summed E-state index contributed by atoms with van der Waals surface area (Å²) in [5.74, 6) is 0.136. The van der Waals surface area contributed by atoms with E-state index in [9.17, 15) is 9.18 Å². The smallest absolute Gasteiger partial charge is 0.227 e. The second-order valence-corrected chi connectivity index (χ2v) is 8.00. The van der Waals surface area contributed by atoms with Crippen molar-refractivity contribution in [2.75, 3.05) is 12.4 Å². The number of nitrogens with zero attached hydrogens (tertiary/aromatic N) is 2. The molecule has 0 bridgehead atoms. The Morgan fingerprint density at radius 3 is 2.68 bits per heavy atom. The topological polar surface area (TPSA) is 56.1 Å². The number of fused-ring (bicyclic) bond motifs is 1. The first-order chi connectivity index (χ1) is 11.8. The number of ether oxygens (including phenoxy) is 1. The van der Waals surface area contributed by atoms with Gasteiger partial charge in [0.25, 0.3) is 0 Å². The average molecular weight is 347 g/mol. The number of nitrogens with one attached hydrogen (secondary N) is 1. The molecule has 136 valence electrons. The summed E-state index contributed by atoms with van der Waals surface area (Å²) >= 11 is 0. The molecule has 1 amide bonds. The largest absolute Gasteiger partial charge is 0.380 e. The summed E-state index contributed by atoms with van der Waals surface area (Å²) in [5, 5.41) is 2.94. The van der Waals surface area contributed by atoms with Gasteiger partial charge in [-0.2, -0.15) is 0 Å². The zero-order valence-electron chi connectivity index (χ0n) is 15.4. The van der Waals surface area contributed by atoms with Crippen molar-refractivity contribution in [3.05, 3.63) is 23.5 Å². The molecule has 2 aromatic rings. The molecule has 1 aliphatic rings. The van der Waals surface area contributed by atoms with Gasteiger partial charge in [0, 0.05) is 25.1 Å². The Hall–Kier alpha value is -1.95. The Kier molecular flexibility index (Phi) is 4.82. The number of anilines is 1. The van der Waals surface area contributed by atoms with Gasteiger partial charge in [-0.3, -0.25) is 10.1 Å². The van der Waals surface area contributed by atoms with Gasteiger partial charge in [-0.25, -0.2) is 9.37 Å². The third-order valence-electron chi connectivity index (χ3n) is 4.57. The minimum atomic E-state index is -0.303. The Morgan fingerprint density at radius 2 is 2.12 bits per heavy atom. The van der Waals surface area contributed by atoms with Crippen LogP contribution in [-0.2, 0) is 16.1 Å². The van der Waals surface area contributed by atoms with Gasteiger partial charge >= 0.3 is 0 Å². The van der Waals surface area contributed by atoms with Crippen LogP contribution in [0.3, 0.4) is 0 Å². The molecular formula is C19H26FN3O2. The summed E-state index contributed by atoms with van der Waals surface area (Å²) in [6, 6.07) is 3.32. The van der Waals surface area contributed by atoms with Crippen LogP contribution >= 0.6 is 0 Å². The third-order valence-corrected chi connectivity index (χ3v) is 4.57.